The molecule has 0 saturated carbocycles. The Kier molecular flexibility index (Phi) is 5.67. The van der Waals surface area contributed by atoms with Crippen LogP contribution >= 0.6 is 0 Å². The number of nitrogens with zero attached hydrogens (tertiary/aromatic N) is 1. The lowest BCUT2D eigenvalue weighted by atomic mass is 9.92. The van der Waals surface area contributed by atoms with Gasteiger partial charge in [-0.05, 0) is 20.3 Å². The van der Waals surface area contributed by atoms with Gasteiger partial charge in [0, 0.05) is 5.56 Å². The van der Waals surface area contributed by atoms with E-state index in [9.17, 15) is 9.59 Å². The molecule has 0 aromatic heterocycles. The zero-order valence-electron chi connectivity index (χ0n) is 11.7. The van der Waals surface area contributed by atoms with Gasteiger partial charge >= 0.3 is 5.97 Å². The number of rotatable bonds is 6. The Morgan fingerprint density at radius 3 is 2.70 bits per heavy atom. The molecule has 1 aromatic rings. The highest BCUT2D eigenvalue weighted by molar-refractivity contribution is 6.09. The Hall–Kier alpha value is -2.41. The Morgan fingerprint density at radius 2 is 2.20 bits per heavy atom. The van der Waals surface area contributed by atoms with Crippen molar-refractivity contribution in [3.05, 3.63) is 53.4 Å². The first-order chi connectivity index (χ1) is 9.54. The third-order valence-electron chi connectivity index (χ3n) is 2.89. The Morgan fingerprint density at radius 1 is 1.50 bits per heavy atom. The number of carbonyl (C=O) groups excluding carboxylic acids is 2. The maximum atomic E-state index is 12.4. The average molecular weight is 271 g/mol. The minimum atomic E-state index is -0.870. The monoisotopic (exact) mass is 271 g/mol. The summed E-state index contributed by atoms with van der Waals surface area (Å²) in [6, 6.07) is 4.79. The van der Waals surface area contributed by atoms with Gasteiger partial charge in [-0.3, -0.25) is 9.59 Å². The molecule has 0 bridgehead atoms. The van der Waals surface area contributed by atoms with Gasteiger partial charge in [-0.2, -0.15) is 0 Å². The van der Waals surface area contributed by atoms with Crippen molar-refractivity contribution in [3.8, 4) is 0 Å². The van der Waals surface area contributed by atoms with Crippen LogP contribution in [0.25, 0.3) is 4.85 Å². The Bertz CT molecular complexity index is 570. The summed E-state index contributed by atoms with van der Waals surface area (Å²) in [7, 11) is 0. The van der Waals surface area contributed by atoms with E-state index in [2.05, 4.69) is 11.4 Å². The van der Waals surface area contributed by atoms with Gasteiger partial charge in [0.2, 0.25) is 0 Å². The zero-order chi connectivity index (χ0) is 15.1. The van der Waals surface area contributed by atoms with E-state index in [1.807, 2.05) is 0 Å². The van der Waals surface area contributed by atoms with Crippen molar-refractivity contribution >= 4 is 17.4 Å². The zero-order valence-corrected chi connectivity index (χ0v) is 11.7. The van der Waals surface area contributed by atoms with Gasteiger partial charge in [0.1, 0.15) is 5.92 Å². The Balaban J connectivity index is 3.09. The van der Waals surface area contributed by atoms with Crippen molar-refractivity contribution < 1.29 is 14.3 Å². The number of hydrogen-bond acceptors (Lipinski definition) is 3. The number of Topliss-reactive ketones (excluding diaryl/α,β-unsaturated/α-hetero) is 1. The van der Waals surface area contributed by atoms with Crippen molar-refractivity contribution in [2.45, 2.75) is 20.3 Å². The van der Waals surface area contributed by atoms with Gasteiger partial charge in [0.05, 0.1) is 13.2 Å². The molecule has 0 fully saturated rings. The van der Waals surface area contributed by atoms with Crippen LogP contribution in [-0.4, -0.2) is 18.4 Å². The summed E-state index contributed by atoms with van der Waals surface area (Å²) in [5.74, 6) is -1.70. The molecule has 0 heterocycles. The van der Waals surface area contributed by atoms with E-state index in [-0.39, 0.29) is 18.8 Å². The Labute approximate surface area is 118 Å². The molecule has 0 N–H and O–H groups in total. The third kappa shape index (κ3) is 3.55. The first-order valence-corrected chi connectivity index (χ1v) is 6.35. The summed E-state index contributed by atoms with van der Waals surface area (Å²) in [5.41, 5.74) is 1.59. The van der Waals surface area contributed by atoms with Crippen LogP contribution in [0.5, 0.6) is 0 Å². The molecule has 0 aliphatic rings. The van der Waals surface area contributed by atoms with Crippen LogP contribution in [0.2, 0.25) is 0 Å². The summed E-state index contributed by atoms with van der Waals surface area (Å²) in [6.07, 6.45) is 1.77. The fourth-order valence-electron chi connectivity index (χ4n) is 1.90. The third-order valence-corrected chi connectivity index (χ3v) is 2.89. The second-order valence-electron chi connectivity index (χ2n) is 4.30. The summed E-state index contributed by atoms with van der Waals surface area (Å²) in [4.78, 5) is 27.6. The van der Waals surface area contributed by atoms with E-state index < -0.39 is 11.9 Å². The average Bonchev–Trinajstić information content (AvgIpc) is 2.44. The van der Waals surface area contributed by atoms with Gasteiger partial charge in [-0.25, -0.2) is 4.85 Å². The highest BCUT2D eigenvalue weighted by Gasteiger charge is 2.28. The number of allylic oxidation sites excluding steroid dienone is 1. The molecule has 1 atom stereocenters. The lowest BCUT2D eigenvalue weighted by molar-refractivity contribution is -0.146. The van der Waals surface area contributed by atoms with Crippen molar-refractivity contribution in [1.29, 1.82) is 0 Å². The second-order valence-corrected chi connectivity index (χ2v) is 4.30. The summed E-state index contributed by atoms with van der Waals surface area (Å²) >= 11 is 0. The van der Waals surface area contributed by atoms with Crippen molar-refractivity contribution in [2.75, 3.05) is 6.61 Å². The number of carbonyl (C=O) groups is 2. The highest BCUT2D eigenvalue weighted by Crippen LogP contribution is 2.22. The van der Waals surface area contributed by atoms with Crippen molar-refractivity contribution in [1.82, 2.24) is 0 Å². The summed E-state index contributed by atoms with van der Waals surface area (Å²) in [6.45, 7) is 14.2. The van der Waals surface area contributed by atoms with Gasteiger partial charge in [-0.1, -0.05) is 29.8 Å². The predicted molar refractivity (Wildman–Crippen MR) is 76.7 cm³/mol. The minimum Gasteiger partial charge on any atom is -0.465 e. The SMILES string of the molecule is [C-]#[N+]c1ccc(C(=O)C(CC=C)C(=O)OCC)c(C)c1. The molecule has 4 nitrogen and oxygen atoms in total. The lowest BCUT2D eigenvalue weighted by Crippen LogP contribution is -2.26. The molecule has 1 unspecified atom stereocenters. The maximum Gasteiger partial charge on any atom is 0.317 e. The number of hydrogen-bond donors (Lipinski definition) is 0. The molecular weight excluding hydrogens is 254 g/mol. The molecule has 4 heteroatoms. The number of ketones is 1. The molecule has 0 spiro atoms. The second kappa shape index (κ2) is 7.25. The number of ether oxygens (including phenoxy) is 1. The van der Waals surface area contributed by atoms with Gasteiger partial charge in [0.15, 0.2) is 11.5 Å². The summed E-state index contributed by atoms with van der Waals surface area (Å²) in [5, 5.41) is 0. The molecule has 104 valence electrons. The van der Waals surface area contributed by atoms with Crippen molar-refractivity contribution in [3.63, 3.8) is 0 Å². The van der Waals surface area contributed by atoms with Gasteiger partial charge < -0.3 is 4.74 Å². The smallest absolute Gasteiger partial charge is 0.317 e. The molecule has 0 saturated heterocycles. The van der Waals surface area contributed by atoms with Crippen LogP contribution in [-0.2, 0) is 9.53 Å². The first kappa shape index (κ1) is 15.6. The molecule has 0 radical (unpaired) electrons. The van der Waals surface area contributed by atoms with Crippen LogP contribution < -0.4 is 0 Å². The van der Waals surface area contributed by atoms with E-state index in [0.29, 0.717) is 16.8 Å². The van der Waals surface area contributed by atoms with E-state index in [1.54, 1.807) is 32.0 Å². The molecule has 1 aromatic carbocycles. The molecule has 0 amide bonds. The van der Waals surface area contributed by atoms with Crippen LogP contribution in [0.4, 0.5) is 5.69 Å². The fourth-order valence-corrected chi connectivity index (χ4v) is 1.90. The van der Waals surface area contributed by atoms with Crippen LogP contribution in [0, 0.1) is 19.4 Å². The molecular formula is C16H17NO3. The molecule has 0 aliphatic heterocycles. The fraction of sp³-hybridized carbons (Fsp3) is 0.312. The standard InChI is InChI=1S/C16H17NO3/c1-5-7-14(16(19)20-6-2)15(18)13-9-8-12(17-4)10-11(13)3/h5,8-10,14H,1,6-7H2,2-3H3. The lowest BCUT2D eigenvalue weighted by Gasteiger charge is -2.14. The minimum absolute atomic E-state index is 0.232. The van der Waals surface area contributed by atoms with Crippen LogP contribution in [0.1, 0.15) is 29.3 Å². The number of aryl methyl sites for hydroxylation is 1. The van der Waals surface area contributed by atoms with E-state index >= 15 is 0 Å². The normalized spacial score (nSPS) is 11.2. The van der Waals surface area contributed by atoms with Gasteiger partial charge in [-0.15, -0.1) is 6.58 Å². The van der Waals surface area contributed by atoms with Crippen molar-refractivity contribution in [2.24, 2.45) is 5.92 Å². The molecule has 1 rings (SSSR count). The predicted octanol–water partition coefficient (Wildman–Crippen LogP) is 3.48. The van der Waals surface area contributed by atoms with E-state index in [1.165, 1.54) is 6.08 Å². The topological polar surface area (TPSA) is 47.7 Å². The van der Waals surface area contributed by atoms with E-state index in [4.69, 9.17) is 11.3 Å². The van der Waals surface area contributed by atoms with Gasteiger partial charge in [0.25, 0.3) is 0 Å². The largest absolute Gasteiger partial charge is 0.465 e. The number of esters is 1. The van der Waals surface area contributed by atoms with E-state index in [0.717, 1.165) is 0 Å². The quantitative estimate of drug-likeness (QED) is 0.261. The first-order valence-electron chi connectivity index (χ1n) is 6.35. The van der Waals surface area contributed by atoms with Crippen LogP contribution in [0.3, 0.4) is 0 Å². The summed E-state index contributed by atoms with van der Waals surface area (Å²) < 4.78 is 4.93. The van der Waals surface area contributed by atoms with Crippen LogP contribution in [0.15, 0.2) is 30.9 Å². The molecule has 0 aliphatic carbocycles. The maximum absolute atomic E-state index is 12.4. The highest BCUT2D eigenvalue weighted by atomic mass is 16.5. The number of benzene rings is 1. The molecule has 20 heavy (non-hydrogen) atoms.